The van der Waals surface area contributed by atoms with Crippen LogP contribution in [0.4, 0.5) is 0 Å². The van der Waals surface area contributed by atoms with Crippen molar-refractivity contribution >= 4 is 0 Å². The third kappa shape index (κ3) is 3.01. The van der Waals surface area contributed by atoms with Crippen LogP contribution in [0.1, 0.15) is 44.1 Å². The van der Waals surface area contributed by atoms with Gasteiger partial charge in [0.05, 0.1) is 7.11 Å². The molecule has 1 aromatic rings. The molecule has 0 heterocycles. The van der Waals surface area contributed by atoms with E-state index in [0.29, 0.717) is 12.0 Å². The summed E-state index contributed by atoms with van der Waals surface area (Å²) in [4.78, 5) is 0. The van der Waals surface area contributed by atoms with Gasteiger partial charge in [0, 0.05) is 6.04 Å². The Balaban J connectivity index is 1.99. The summed E-state index contributed by atoms with van der Waals surface area (Å²) in [5.41, 5.74) is 1.38. The van der Waals surface area contributed by atoms with Crippen molar-refractivity contribution in [2.24, 2.45) is 0 Å². The number of hydrogen-bond acceptors (Lipinski definition) is 2. The van der Waals surface area contributed by atoms with Crippen LogP contribution in [0.5, 0.6) is 5.75 Å². The van der Waals surface area contributed by atoms with Gasteiger partial charge in [0.15, 0.2) is 0 Å². The van der Waals surface area contributed by atoms with Crippen molar-refractivity contribution in [1.29, 1.82) is 0 Å². The number of nitrogens with one attached hydrogen (secondary N) is 1. The molecule has 0 amide bonds. The van der Waals surface area contributed by atoms with E-state index >= 15 is 0 Å². The van der Waals surface area contributed by atoms with Crippen molar-refractivity contribution in [3.8, 4) is 5.75 Å². The van der Waals surface area contributed by atoms with Gasteiger partial charge >= 0.3 is 0 Å². The van der Waals surface area contributed by atoms with Crippen molar-refractivity contribution in [2.75, 3.05) is 13.7 Å². The minimum Gasteiger partial charge on any atom is -0.496 e. The van der Waals surface area contributed by atoms with Crippen LogP contribution in [0.25, 0.3) is 0 Å². The van der Waals surface area contributed by atoms with E-state index in [1.54, 1.807) is 7.11 Å². The number of benzene rings is 1. The van der Waals surface area contributed by atoms with Crippen LogP contribution in [0.2, 0.25) is 0 Å². The third-order valence-corrected chi connectivity index (χ3v) is 3.69. The average Bonchev–Trinajstić information content (AvgIpc) is 2.85. The zero-order valence-corrected chi connectivity index (χ0v) is 10.9. The monoisotopic (exact) mass is 233 g/mol. The maximum Gasteiger partial charge on any atom is 0.122 e. The van der Waals surface area contributed by atoms with Gasteiger partial charge in [-0.2, -0.15) is 0 Å². The summed E-state index contributed by atoms with van der Waals surface area (Å²) in [7, 11) is 1.76. The highest BCUT2D eigenvalue weighted by molar-refractivity contribution is 5.36. The molecule has 0 aliphatic heterocycles. The SMILES string of the molecule is CCCNC1CCC(c2ccccc2OC)C1. The Morgan fingerprint density at radius 1 is 1.29 bits per heavy atom. The Bertz CT molecular complexity index is 351. The van der Waals surface area contributed by atoms with Crippen LogP contribution in [-0.4, -0.2) is 19.7 Å². The van der Waals surface area contributed by atoms with Gasteiger partial charge in [-0.25, -0.2) is 0 Å². The first-order chi connectivity index (χ1) is 8.35. The normalized spacial score (nSPS) is 23.9. The van der Waals surface area contributed by atoms with Gasteiger partial charge in [0.1, 0.15) is 5.75 Å². The second-order valence-corrected chi connectivity index (χ2v) is 4.90. The smallest absolute Gasteiger partial charge is 0.122 e. The first-order valence-corrected chi connectivity index (χ1v) is 6.71. The van der Waals surface area contributed by atoms with Gasteiger partial charge in [-0.1, -0.05) is 25.1 Å². The Morgan fingerprint density at radius 3 is 2.88 bits per heavy atom. The topological polar surface area (TPSA) is 21.3 Å². The minimum absolute atomic E-state index is 0.667. The Hall–Kier alpha value is -1.02. The molecule has 1 aliphatic rings. The quantitative estimate of drug-likeness (QED) is 0.842. The highest BCUT2D eigenvalue weighted by Gasteiger charge is 2.26. The Morgan fingerprint density at radius 2 is 2.12 bits per heavy atom. The lowest BCUT2D eigenvalue weighted by molar-refractivity contribution is 0.404. The van der Waals surface area contributed by atoms with Crippen LogP contribution in [0.3, 0.4) is 0 Å². The fraction of sp³-hybridized carbons (Fsp3) is 0.600. The fourth-order valence-corrected chi connectivity index (χ4v) is 2.80. The maximum atomic E-state index is 5.45. The van der Waals surface area contributed by atoms with Crippen molar-refractivity contribution in [1.82, 2.24) is 5.32 Å². The molecule has 1 N–H and O–H groups in total. The Labute approximate surface area is 104 Å². The molecule has 0 aromatic heterocycles. The lowest BCUT2D eigenvalue weighted by Gasteiger charge is -2.15. The first-order valence-electron chi connectivity index (χ1n) is 6.71. The summed E-state index contributed by atoms with van der Waals surface area (Å²) in [5, 5.41) is 3.63. The van der Waals surface area contributed by atoms with Gasteiger partial charge in [0.2, 0.25) is 0 Å². The van der Waals surface area contributed by atoms with Gasteiger partial charge in [0.25, 0.3) is 0 Å². The molecule has 0 bridgehead atoms. The second kappa shape index (κ2) is 6.06. The molecule has 2 nitrogen and oxygen atoms in total. The summed E-state index contributed by atoms with van der Waals surface area (Å²) in [6.45, 7) is 3.36. The predicted molar refractivity (Wildman–Crippen MR) is 71.7 cm³/mol. The molecule has 1 aliphatic carbocycles. The van der Waals surface area contributed by atoms with Gasteiger partial charge < -0.3 is 10.1 Å². The average molecular weight is 233 g/mol. The van der Waals surface area contributed by atoms with E-state index in [4.69, 9.17) is 4.74 Å². The molecule has 2 atom stereocenters. The number of rotatable bonds is 5. The van der Waals surface area contributed by atoms with Crippen LogP contribution in [0, 0.1) is 0 Å². The molecule has 2 unspecified atom stereocenters. The first kappa shape index (κ1) is 12.4. The fourth-order valence-electron chi connectivity index (χ4n) is 2.80. The number of ether oxygens (including phenoxy) is 1. The minimum atomic E-state index is 0.667. The molecule has 94 valence electrons. The molecule has 1 fully saturated rings. The van der Waals surface area contributed by atoms with Gasteiger partial charge in [-0.3, -0.25) is 0 Å². The maximum absolute atomic E-state index is 5.45. The molecule has 0 saturated heterocycles. The molecule has 17 heavy (non-hydrogen) atoms. The number of methoxy groups -OCH3 is 1. The molecular weight excluding hydrogens is 210 g/mol. The summed E-state index contributed by atoms with van der Waals surface area (Å²) >= 11 is 0. The van der Waals surface area contributed by atoms with Crippen molar-refractivity contribution < 1.29 is 4.74 Å². The van der Waals surface area contributed by atoms with Crippen LogP contribution in [-0.2, 0) is 0 Å². The van der Waals surface area contributed by atoms with E-state index in [2.05, 4.69) is 30.4 Å². The third-order valence-electron chi connectivity index (χ3n) is 3.69. The van der Waals surface area contributed by atoms with Crippen LogP contribution >= 0.6 is 0 Å². The summed E-state index contributed by atoms with van der Waals surface area (Å²) in [6, 6.07) is 9.15. The molecule has 1 aromatic carbocycles. The van der Waals surface area contributed by atoms with Crippen molar-refractivity contribution in [3.05, 3.63) is 29.8 Å². The predicted octanol–water partition coefficient (Wildman–Crippen LogP) is 3.33. The largest absolute Gasteiger partial charge is 0.496 e. The van der Waals surface area contributed by atoms with E-state index in [0.717, 1.165) is 12.3 Å². The molecule has 2 rings (SSSR count). The summed E-state index contributed by atoms with van der Waals surface area (Å²) in [5.74, 6) is 1.72. The molecular formula is C15H23NO. The van der Waals surface area contributed by atoms with Crippen molar-refractivity contribution in [2.45, 2.75) is 44.6 Å². The highest BCUT2D eigenvalue weighted by atomic mass is 16.5. The number of hydrogen-bond donors (Lipinski definition) is 1. The van der Waals surface area contributed by atoms with Crippen LogP contribution in [0.15, 0.2) is 24.3 Å². The van der Waals surface area contributed by atoms with E-state index in [1.807, 2.05) is 6.07 Å². The second-order valence-electron chi connectivity index (χ2n) is 4.90. The lowest BCUT2D eigenvalue weighted by atomic mass is 9.96. The highest BCUT2D eigenvalue weighted by Crippen LogP contribution is 2.38. The molecule has 0 spiro atoms. The molecule has 1 saturated carbocycles. The summed E-state index contributed by atoms with van der Waals surface area (Å²) < 4.78 is 5.45. The lowest BCUT2D eigenvalue weighted by Crippen LogP contribution is -2.26. The zero-order valence-electron chi connectivity index (χ0n) is 10.9. The molecule has 0 radical (unpaired) electrons. The van der Waals surface area contributed by atoms with Crippen LogP contribution < -0.4 is 10.1 Å². The number of para-hydroxylation sites is 1. The van der Waals surface area contributed by atoms with E-state index < -0.39 is 0 Å². The standard InChI is InChI=1S/C15H23NO/c1-3-10-16-13-9-8-12(11-13)14-6-4-5-7-15(14)17-2/h4-7,12-13,16H,3,8-11H2,1-2H3. The van der Waals surface area contributed by atoms with E-state index in [-0.39, 0.29) is 0 Å². The molecule has 2 heteroatoms. The van der Waals surface area contributed by atoms with Crippen molar-refractivity contribution in [3.63, 3.8) is 0 Å². The van der Waals surface area contributed by atoms with Gasteiger partial charge in [-0.15, -0.1) is 0 Å². The van der Waals surface area contributed by atoms with E-state index in [1.165, 1.54) is 31.2 Å². The Kier molecular flexibility index (Phi) is 4.43. The zero-order chi connectivity index (χ0) is 12.1. The van der Waals surface area contributed by atoms with E-state index in [9.17, 15) is 0 Å². The summed E-state index contributed by atoms with van der Waals surface area (Å²) in [6.07, 6.45) is 5.04. The van der Waals surface area contributed by atoms with Gasteiger partial charge in [-0.05, 0) is 49.8 Å².